The molecule has 0 aromatic rings. The van der Waals surface area contributed by atoms with E-state index in [4.69, 9.17) is 5.84 Å². The Kier molecular flexibility index (Phi) is 3.72. The lowest BCUT2D eigenvalue weighted by Crippen LogP contribution is -2.31. The molecule has 0 aliphatic rings. The maximum absolute atomic E-state index is 5.40. The van der Waals surface area contributed by atoms with E-state index in [0.29, 0.717) is 6.54 Å². The molecule has 0 rings (SSSR count). The van der Waals surface area contributed by atoms with Crippen LogP contribution < -0.4 is 5.84 Å². The van der Waals surface area contributed by atoms with Crippen LogP contribution in [0, 0.1) is 0 Å². The van der Waals surface area contributed by atoms with E-state index in [-0.39, 0.29) is 0 Å². The zero-order valence-corrected chi connectivity index (χ0v) is 6.89. The fourth-order valence-electron chi connectivity index (χ4n) is 0.361. The summed E-state index contributed by atoms with van der Waals surface area (Å²) in [5, 5.41) is 1.49. The number of hydrogen-bond donors (Lipinski definition) is 1. The summed E-state index contributed by atoms with van der Waals surface area (Å²) in [5.74, 6) is 6.22. The average molecular weight is 141 g/mol. The standard InChI is InChI=1S/C7H15N3/c1-6(2)5-9-7(3)10(4)8/h1,5,8H2,2-4H3/b9-7-. The number of hydrazine groups is 1. The highest BCUT2D eigenvalue weighted by atomic mass is 15.4. The van der Waals surface area contributed by atoms with Crippen LogP contribution in [0.1, 0.15) is 13.8 Å². The predicted octanol–water partition coefficient (Wildman–Crippen LogP) is 0.786. The van der Waals surface area contributed by atoms with Crippen molar-refractivity contribution in [3.05, 3.63) is 12.2 Å². The maximum atomic E-state index is 5.40. The minimum absolute atomic E-state index is 0.660. The van der Waals surface area contributed by atoms with Crippen molar-refractivity contribution in [3.63, 3.8) is 0 Å². The molecule has 0 fully saturated rings. The Morgan fingerprint density at radius 1 is 1.60 bits per heavy atom. The van der Waals surface area contributed by atoms with Crippen LogP contribution in [0.25, 0.3) is 0 Å². The van der Waals surface area contributed by atoms with Gasteiger partial charge in [-0.25, -0.2) is 5.84 Å². The molecule has 0 unspecified atom stereocenters. The second-order valence-electron chi connectivity index (χ2n) is 2.43. The van der Waals surface area contributed by atoms with E-state index in [2.05, 4.69) is 11.6 Å². The zero-order chi connectivity index (χ0) is 8.15. The summed E-state index contributed by atoms with van der Waals surface area (Å²) in [4.78, 5) is 4.14. The molecule has 2 N–H and O–H groups in total. The Bertz CT molecular complexity index is 147. The minimum atomic E-state index is 0.660. The van der Waals surface area contributed by atoms with E-state index in [0.717, 1.165) is 11.4 Å². The third-order valence-electron chi connectivity index (χ3n) is 1.09. The summed E-state index contributed by atoms with van der Waals surface area (Å²) in [7, 11) is 1.76. The Labute approximate surface area is 62.2 Å². The molecule has 0 atom stereocenters. The SMILES string of the molecule is C=C(C)C/N=C(/C)N(C)N. The van der Waals surface area contributed by atoms with Gasteiger partial charge in [0.15, 0.2) is 0 Å². The lowest BCUT2D eigenvalue weighted by Gasteiger charge is -2.10. The van der Waals surface area contributed by atoms with Crippen LogP contribution in [0.5, 0.6) is 0 Å². The molecule has 0 aromatic heterocycles. The fourth-order valence-corrected chi connectivity index (χ4v) is 0.361. The van der Waals surface area contributed by atoms with Gasteiger partial charge in [0, 0.05) is 7.05 Å². The van der Waals surface area contributed by atoms with Gasteiger partial charge in [0.05, 0.1) is 6.54 Å². The van der Waals surface area contributed by atoms with Crippen molar-refractivity contribution in [2.45, 2.75) is 13.8 Å². The molecular weight excluding hydrogens is 126 g/mol. The average Bonchev–Trinajstić information content (AvgIpc) is 1.82. The van der Waals surface area contributed by atoms with Crippen LogP contribution in [0.4, 0.5) is 0 Å². The largest absolute Gasteiger partial charge is 0.302 e. The van der Waals surface area contributed by atoms with Crippen LogP contribution in [-0.4, -0.2) is 24.4 Å². The van der Waals surface area contributed by atoms with Gasteiger partial charge in [-0.2, -0.15) is 0 Å². The Morgan fingerprint density at radius 3 is 2.40 bits per heavy atom. The van der Waals surface area contributed by atoms with E-state index >= 15 is 0 Å². The maximum Gasteiger partial charge on any atom is 0.110 e. The first-order chi connectivity index (χ1) is 4.54. The zero-order valence-electron chi connectivity index (χ0n) is 6.89. The number of aliphatic imine (C=N–C) groups is 1. The van der Waals surface area contributed by atoms with Crippen molar-refractivity contribution in [2.75, 3.05) is 13.6 Å². The molecule has 0 bridgehead atoms. The molecule has 0 aliphatic carbocycles. The lowest BCUT2D eigenvalue weighted by molar-refractivity contribution is 0.533. The van der Waals surface area contributed by atoms with Crippen LogP contribution in [0.15, 0.2) is 17.1 Å². The topological polar surface area (TPSA) is 41.6 Å². The molecule has 0 saturated heterocycles. The van der Waals surface area contributed by atoms with Gasteiger partial charge in [-0.1, -0.05) is 12.2 Å². The molecule has 3 heteroatoms. The highest BCUT2D eigenvalue weighted by molar-refractivity contribution is 5.78. The number of nitrogens with zero attached hydrogens (tertiary/aromatic N) is 2. The monoisotopic (exact) mass is 141 g/mol. The molecule has 0 aromatic carbocycles. The van der Waals surface area contributed by atoms with Gasteiger partial charge < -0.3 is 5.01 Å². The number of hydrogen-bond acceptors (Lipinski definition) is 2. The van der Waals surface area contributed by atoms with Crippen molar-refractivity contribution in [1.29, 1.82) is 0 Å². The predicted molar refractivity (Wildman–Crippen MR) is 44.7 cm³/mol. The number of nitrogens with two attached hydrogens (primary N) is 1. The van der Waals surface area contributed by atoms with Crippen LogP contribution in [-0.2, 0) is 0 Å². The highest BCUT2D eigenvalue weighted by Crippen LogP contribution is 1.88. The highest BCUT2D eigenvalue weighted by Gasteiger charge is 1.90. The van der Waals surface area contributed by atoms with Gasteiger partial charge in [0.2, 0.25) is 0 Å². The van der Waals surface area contributed by atoms with E-state index in [1.807, 2.05) is 13.8 Å². The normalized spacial score (nSPS) is 11.4. The molecule has 58 valence electrons. The lowest BCUT2D eigenvalue weighted by atomic mass is 10.4. The summed E-state index contributed by atoms with van der Waals surface area (Å²) < 4.78 is 0. The van der Waals surface area contributed by atoms with E-state index in [9.17, 15) is 0 Å². The Morgan fingerprint density at radius 2 is 2.10 bits per heavy atom. The molecule has 0 aliphatic heterocycles. The second-order valence-corrected chi connectivity index (χ2v) is 2.43. The Hall–Kier alpha value is -0.830. The van der Waals surface area contributed by atoms with Crippen molar-refractivity contribution in [3.8, 4) is 0 Å². The van der Waals surface area contributed by atoms with Gasteiger partial charge in [-0.05, 0) is 13.8 Å². The molecule has 0 heterocycles. The summed E-state index contributed by atoms with van der Waals surface area (Å²) >= 11 is 0. The van der Waals surface area contributed by atoms with Crippen LogP contribution in [0.3, 0.4) is 0 Å². The van der Waals surface area contributed by atoms with Gasteiger partial charge in [-0.3, -0.25) is 4.99 Å². The molecule has 10 heavy (non-hydrogen) atoms. The number of rotatable bonds is 2. The quantitative estimate of drug-likeness (QED) is 0.203. The molecule has 0 saturated carbocycles. The molecular formula is C7H15N3. The molecule has 0 radical (unpaired) electrons. The number of amidine groups is 1. The first kappa shape index (κ1) is 9.17. The van der Waals surface area contributed by atoms with Crippen molar-refractivity contribution < 1.29 is 0 Å². The smallest absolute Gasteiger partial charge is 0.110 e. The summed E-state index contributed by atoms with van der Waals surface area (Å²) in [5.41, 5.74) is 1.04. The minimum Gasteiger partial charge on any atom is -0.302 e. The van der Waals surface area contributed by atoms with Gasteiger partial charge >= 0.3 is 0 Å². The summed E-state index contributed by atoms with van der Waals surface area (Å²) in [6, 6.07) is 0. The van der Waals surface area contributed by atoms with Gasteiger partial charge in [0.1, 0.15) is 5.84 Å². The van der Waals surface area contributed by atoms with E-state index in [1.54, 1.807) is 7.05 Å². The van der Waals surface area contributed by atoms with Gasteiger partial charge in [-0.15, -0.1) is 0 Å². The Balaban J connectivity index is 3.80. The van der Waals surface area contributed by atoms with E-state index < -0.39 is 0 Å². The third-order valence-corrected chi connectivity index (χ3v) is 1.09. The van der Waals surface area contributed by atoms with E-state index in [1.165, 1.54) is 5.01 Å². The van der Waals surface area contributed by atoms with Crippen molar-refractivity contribution in [1.82, 2.24) is 5.01 Å². The van der Waals surface area contributed by atoms with Gasteiger partial charge in [0.25, 0.3) is 0 Å². The first-order valence-corrected chi connectivity index (χ1v) is 3.18. The van der Waals surface area contributed by atoms with Crippen molar-refractivity contribution in [2.24, 2.45) is 10.8 Å². The first-order valence-electron chi connectivity index (χ1n) is 3.18. The summed E-state index contributed by atoms with van der Waals surface area (Å²) in [6.07, 6.45) is 0. The summed E-state index contributed by atoms with van der Waals surface area (Å²) in [6.45, 7) is 8.18. The van der Waals surface area contributed by atoms with Crippen molar-refractivity contribution >= 4 is 5.84 Å². The van der Waals surface area contributed by atoms with Crippen LogP contribution in [0.2, 0.25) is 0 Å². The molecule has 3 nitrogen and oxygen atoms in total. The third kappa shape index (κ3) is 4.09. The molecule has 0 amide bonds. The fraction of sp³-hybridized carbons (Fsp3) is 0.571. The molecule has 0 spiro atoms. The van der Waals surface area contributed by atoms with Crippen LogP contribution >= 0.6 is 0 Å². The second kappa shape index (κ2) is 4.06.